The Balaban J connectivity index is 1.96. The van der Waals surface area contributed by atoms with Gasteiger partial charge in [-0.2, -0.15) is 5.10 Å². The number of nitrogens with one attached hydrogen (secondary N) is 1. The fraction of sp³-hybridized carbons (Fsp3) is 0.812. The van der Waals surface area contributed by atoms with E-state index in [1.807, 2.05) is 6.20 Å². The Morgan fingerprint density at radius 2 is 2.35 bits per heavy atom. The van der Waals surface area contributed by atoms with Gasteiger partial charge in [0.15, 0.2) is 0 Å². The molecule has 1 fully saturated rings. The normalized spacial score (nSPS) is 19.4. The van der Waals surface area contributed by atoms with Crippen LogP contribution in [0.1, 0.15) is 45.7 Å². The Kier molecular flexibility index (Phi) is 6.05. The largest absolute Gasteiger partial charge is 0.313 e. The molecular weight excluding hydrogens is 248 g/mol. The fourth-order valence-electron chi connectivity index (χ4n) is 3.08. The van der Waals surface area contributed by atoms with E-state index in [1.165, 1.54) is 25.1 Å². The van der Waals surface area contributed by atoms with E-state index >= 15 is 0 Å². The molecule has 0 spiro atoms. The number of nitrogens with zero attached hydrogens (tertiary/aromatic N) is 3. The third-order valence-corrected chi connectivity index (χ3v) is 3.89. The first-order valence-corrected chi connectivity index (χ1v) is 8.15. The Morgan fingerprint density at radius 1 is 1.50 bits per heavy atom. The van der Waals surface area contributed by atoms with Gasteiger partial charge in [0.1, 0.15) is 0 Å². The van der Waals surface area contributed by atoms with Gasteiger partial charge in [-0.15, -0.1) is 0 Å². The molecule has 1 saturated heterocycles. The van der Waals surface area contributed by atoms with Gasteiger partial charge in [0.25, 0.3) is 0 Å². The van der Waals surface area contributed by atoms with Crippen LogP contribution >= 0.6 is 0 Å². The number of aryl methyl sites for hydroxylation is 1. The van der Waals surface area contributed by atoms with Crippen molar-refractivity contribution in [1.29, 1.82) is 0 Å². The lowest BCUT2D eigenvalue weighted by Crippen LogP contribution is -2.39. The fourth-order valence-corrected chi connectivity index (χ4v) is 3.08. The van der Waals surface area contributed by atoms with Crippen molar-refractivity contribution < 1.29 is 0 Å². The van der Waals surface area contributed by atoms with Crippen LogP contribution in [0.4, 0.5) is 0 Å². The van der Waals surface area contributed by atoms with Crippen LogP contribution in [0.2, 0.25) is 0 Å². The first-order chi connectivity index (χ1) is 9.69. The van der Waals surface area contributed by atoms with Gasteiger partial charge in [-0.25, -0.2) is 0 Å². The summed E-state index contributed by atoms with van der Waals surface area (Å²) in [7, 11) is 0. The monoisotopic (exact) mass is 278 g/mol. The van der Waals surface area contributed by atoms with Crippen molar-refractivity contribution >= 4 is 0 Å². The molecule has 0 bridgehead atoms. The van der Waals surface area contributed by atoms with E-state index in [4.69, 9.17) is 0 Å². The van der Waals surface area contributed by atoms with E-state index in [9.17, 15) is 0 Å². The van der Waals surface area contributed by atoms with Crippen molar-refractivity contribution in [3.63, 3.8) is 0 Å². The summed E-state index contributed by atoms with van der Waals surface area (Å²) in [6, 6.07) is 2.85. The van der Waals surface area contributed by atoms with E-state index in [0.717, 1.165) is 32.6 Å². The molecule has 114 valence electrons. The van der Waals surface area contributed by atoms with Gasteiger partial charge < -0.3 is 5.32 Å². The third kappa shape index (κ3) is 4.60. The lowest BCUT2D eigenvalue weighted by Gasteiger charge is -2.27. The summed E-state index contributed by atoms with van der Waals surface area (Å²) in [5, 5.41) is 8.06. The van der Waals surface area contributed by atoms with E-state index in [0.29, 0.717) is 12.0 Å². The topological polar surface area (TPSA) is 33.1 Å². The van der Waals surface area contributed by atoms with Gasteiger partial charge in [-0.05, 0) is 37.8 Å². The van der Waals surface area contributed by atoms with E-state index < -0.39 is 0 Å². The molecule has 0 saturated carbocycles. The van der Waals surface area contributed by atoms with E-state index in [1.54, 1.807) is 0 Å². The minimum Gasteiger partial charge on any atom is -0.313 e. The molecule has 0 aromatic carbocycles. The maximum atomic E-state index is 4.44. The summed E-state index contributed by atoms with van der Waals surface area (Å²) in [6.07, 6.45) is 5.73. The SMILES string of the molecule is CCCn1nccc1CN(CC(C)C)CC1CCCN1. The zero-order chi connectivity index (χ0) is 14.4. The lowest BCUT2D eigenvalue weighted by atomic mass is 10.1. The van der Waals surface area contributed by atoms with Gasteiger partial charge in [0, 0.05) is 38.4 Å². The number of aromatic nitrogens is 2. The first kappa shape index (κ1) is 15.5. The van der Waals surface area contributed by atoms with Crippen molar-refractivity contribution in [2.75, 3.05) is 19.6 Å². The standard InChI is InChI=1S/C16H30N4/c1-4-10-20-16(7-9-18-20)13-19(11-14(2)3)12-15-6-5-8-17-15/h7,9,14-15,17H,4-6,8,10-13H2,1-3H3. The Labute approximate surface area is 123 Å². The second kappa shape index (κ2) is 7.79. The molecule has 2 heterocycles. The summed E-state index contributed by atoms with van der Waals surface area (Å²) in [4.78, 5) is 2.59. The minimum absolute atomic E-state index is 0.677. The molecule has 1 atom stereocenters. The van der Waals surface area contributed by atoms with Gasteiger partial charge >= 0.3 is 0 Å². The number of hydrogen-bond donors (Lipinski definition) is 1. The highest BCUT2D eigenvalue weighted by molar-refractivity contribution is 5.00. The number of hydrogen-bond acceptors (Lipinski definition) is 3. The van der Waals surface area contributed by atoms with E-state index in [-0.39, 0.29) is 0 Å². The van der Waals surface area contributed by atoms with Crippen LogP contribution in [-0.2, 0) is 13.1 Å². The average molecular weight is 278 g/mol. The summed E-state index contributed by atoms with van der Waals surface area (Å²) in [5.74, 6) is 0.707. The second-order valence-electron chi connectivity index (χ2n) is 6.43. The summed E-state index contributed by atoms with van der Waals surface area (Å²) in [6.45, 7) is 12.4. The zero-order valence-corrected chi connectivity index (χ0v) is 13.3. The highest BCUT2D eigenvalue weighted by atomic mass is 15.3. The molecule has 4 nitrogen and oxygen atoms in total. The molecule has 0 amide bonds. The predicted octanol–water partition coefficient (Wildman–Crippen LogP) is 2.50. The maximum absolute atomic E-state index is 4.44. The third-order valence-electron chi connectivity index (χ3n) is 3.89. The molecule has 0 aliphatic carbocycles. The minimum atomic E-state index is 0.677. The molecule has 1 aromatic heterocycles. The van der Waals surface area contributed by atoms with Crippen LogP contribution < -0.4 is 5.32 Å². The molecule has 2 rings (SSSR count). The summed E-state index contributed by atoms with van der Waals surface area (Å²) in [5.41, 5.74) is 1.35. The molecule has 20 heavy (non-hydrogen) atoms. The lowest BCUT2D eigenvalue weighted by molar-refractivity contribution is 0.210. The van der Waals surface area contributed by atoms with Crippen molar-refractivity contribution in [1.82, 2.24) is 20.0 Å². The Hall–Kier alpha value is -0.870. The molecule has 1 aliphatic heterocycles. The molecule has 0 radical (unpaired) electrons. The van der Waals surface area contributed by atoms with Crippen LogP contribution in [0.15, 0.2) is 12.3 Å². The van der Waals surface area contributed by atoms with Gasteiger partial charge in [-0.3, -0.25) is 9.58 Å². The molecule has 1 N–H and O–H groups in total. The predicted molar refractivity (Wildman–Crippen MR) is 83.7 cm³/mol. The van der Waals surface area contributed by atoms with Crippen LogP contribution in [0, 0.1) is 5.92 Å². The van der Waals surface area contributed by atoms with Crippen molar-refractivity contribution in [2.24, 2.45) is 5.92 Å². The molecular formula is C16H30N4. The van der Waals surface area contributed by atoms with E-state index in [2.05, 4.69) is 46.8 Å². The Morgan fingerprint density at radius 3 is 3.00 bits per heavy atom. The summed E-state index contributed by atoms with van der Waals surface area (Å²) >= 11 is 0. The highest BCUT2D eigenvalue weighted by Gasteiger charge is 2.19. The quantitative estimate of drug-likeness (QED) is 0.793. The summed E-state index contributed by atoms with van der Waals surface area (Å²) < 4.78 is 2.16. The second-order valence-corrected chi connectivity index (χ2v) is 6.43. The highest BCUT2D eigenvalue weighted by Crippen LogP contribution is 2.12. The molecule has 1 aromatic rings. The average Bonchev–Trinajstić information content (AvgIpc) is 3.02. The molecule has 1 unspecified atom stereocenters. The molecule has 4 heteroatoms. The van der Waals surface area contributed by atoms with Gasteiger partial charge in [0.2, 0.25) is 0 Å². The van der Waals surface area contributed by atoms with Crippen LogP contribution in [0.25, 0.3) is 0 Å². The van der Waals surface area contributed by atoms with Crippen molar-refractivity contribution in [3.8, 4) is 0 Å². The van der Waals surface area contributed by atoms with Gasteiger partial charge in [-0.1, -0.05) is 20.8 Å². The smallest absolute Gasteiger partial charge is 0.0524 e. The first-order valence-electron chi connectivity index (χ1n) is 8.15. The molecule has 1 aliphatic rings. The van der Waals surface area contributed by atoms with Crippen LogP contribution in [-0.4, -0.2) is 40.4 Å². The zero-order valence-electron chi connectivity index (χ0n) is 13.3. The maximum Gasteiger partial charge on any atom is 0.0524 e. The van der Waals surface area contributed by atoms with Crippen molar-refractivity contribution in [3.05, 3.63) is 18.0 Å². The number of rotatable bonds is 8. The van der Waals surface area contributed by atoms with Crippen LogP contribution in [0.3, 0.4) is 0 Å². The Bertz CT molecular complexity index is 380. The van der Waals surface area contributed by atoms with Crippen molar-refractivity contribution in [2.45, 2.75) is 59.2 Å². The van der Waals surface area contributed by atoms with Crippen LogP contribution in [0.5, 0.6) is 0 Å². The van der Waals surface area contributed by atoms with Gasteiger partial charge in [0.05, 0.1) is 5.69 Å².